The van der Waals surface area contributed by atoms with Crippen molar-refractivity contribution in [1.29, 1.82) is 0 Å². The van der Waals surface area contributed by atoms with Crippen LogP contribution in [-0.2, 0) is 6.54 Å². The average molecular weight is 314 g/mol. The van der Waals surface area contributed by atoms with E-state index >= 15 is 0 Å². The highest BCUT2D eigenvalue weighted by atomic mass is 79.9. The molecule has 1 aromatic carbocycles. The highest BCUT2D eigenvalue weighted by Gasteiger charge is 2.10. The van der Waals surface area contributed by atoms with Gasteiger partial charge in [-0.05, 0) is 27.9 Å². The van der Waals surface area contributed by atoms with Gasteiger partial charge in [-0.3, -0.25) is 0 Å². The lowest BCUT2D eigenvalue weighted by Crippen LogP contribution is -2.22. The van der Waals surface area contributed by atoms with Crippen molar-refractivity contribution in [3.05, 3.63) is 28.2 Å². The summed E-state index contributed by atoms with van der Waals surface area (Å²) in [5.74, 6) is 1.56. The zero-order chi connectivity index (χ0) is 13.5. The van der Waals surface area contributed by atoms with Gasteiger partial charge in [0.15, 0.2) is 0 Å². The Morgan fingerprint density at radius 1 is 1.28 bits per heavy atom. The molecule has 0 aliphatic rings. The van der Waals surface area contributed by atoms with Gasteiger partial charge in [-0.2, -0.15) is 0 Å². The molecule has 0 aliphatic heterocycles. The summed E-state index contributed by atoms with van der Waals surface area (Å²) in [6.07, 6.45) is 1.14. The van der Waals surface area contributed by atoms with E-state index < -0.39 is 0 Å². The molecule has 18 heavy (non-hydrogen) atoms. The van der Waals surface area contributed by atoms with Gasteiger partial charge in [-0.25, -0.2) is 0 Å². The van der Waals surface area contributed by atoms with Gasteiger partial charge >= 0.3 is 0 Å². The summed E-state index contributed by atoms with van der Waals surface area (Å²) in [6.45, 7) is 10.3. The van der Waals surface area contributed by atoms with Crippen LogP contribution >= 0.6 is 15.9 Å². The minimum atomic E-state index is 0.478. The average Bonchev–Trinajstić information content (AvgIpc) is 2.34. The zero-order valence-electron chi connectivity index (χ0n) is 11.8. The molecule has 1 aromatic rings. The van der Waals surface area contributed by atoms with E-state index in [-0.39, 0.29) is 0 Å². The predicted molar refractivity (Wildman–Crippen MR) is 81.1 cm³/mol. The standard InChI is InChI=1S/C15H24BrNO/c1-5-12(4)10-18-15-13(9-17-11(2)3)7-6-8-14(15)16/h6-8,11-12,17H,5,9-10H2,1-4H3. The molecule has 0 aliphatic carbocycles. The number of halogens is 1. The van der Waals surface area contributed by atoms with Crippen molar-refractivity contribution in [3.63, 3.8) is 0 Å². The third-order valence-corrected chi connectivity index (χ3v) is 3.58. The van der Waals surface area contributed by atoms with Gasteiger partial charge in [0, 0.05) is 18.2 Å². The summed E-state index contributed by atoms with van der Waals surface area (Å²) >= 11 is 3.57. The molecule has 0 spiro atoms. The summed E-state index contributed by atoms with van der Waals surface area (Å²) in [6, 6.07) is 6.68. The number of benzene rings is 1. The SMILES string of the molecule is CCC(C)COc1c(Br)cccc1CNC(C)C. The quantitative estimate of drug-likeness (QED) is 0.807. The van der Waals surface area contributed by atoms with Crippen LogP contribution in [0, 0.1) is 5.92 Å². The molecule has 102 valence electrons. The van der Waals surface area contributed by atoms with Crippen LogP contribution in [0.5, 0.6) is 5.75 Å². The van der Waals surface area contributed by atoms with E-state index in [2.05, 4.69) is 61.1 Å². The fraction of sp³-hybridized carbons (Fsp3) is 0.600. The van der Waals surface area contributed by atoms with E-state index in [4.69, 9.17) is 4.74 Å². The molecule has 0 bridgehead atoms. The summed E-state index contributed by atoms with van der Waals surface area (Å²) in [7, 11) is 0. The van der Waals surface area contributed by atoms with Crippen molar-refractivity contribution in [2.24, 2.45) is 5.92 Å². The molecule has 0 saturated carbocycles. The maximum atomic E-state index is 5.97. The van der Waals surface area contributed by atoms with E-state index in [0.717, 1.165) is 29.8 Å². The summed E-state index contributed by atoms with van der Waals surface area (Å²) in [5, 5.41) is 3.43. The molecular weight excluding hydrogens is 290 g/mol. The highest BCUT2D eigenvalue weighted by Crippen LogP contribution is 2.29. The number of ether oxygens (including phenoxy) is 1. The van der Waals surface area contributed by atoms with Gasteiger partial charge < -0.3 is 10.1 Å². The number of rotatable bonds is 7. The third-order valence-electron chi connectivity index (χ3n) is 2.96. The Kier molecular flexibility index (Phi) is 6.72. The molecule has 1 rings (SSSR count). The Labute approximate surface area is 119 Å². The molecule has 3 heteroatoms. The van der Waals surface area contributed by atoms with Crippen LogP contribution in [-0.4, -0.2) is 12.6 Å². The van der Waals surface area contributed by atoms with Crippen molar-refractivity contribution in [3.8, 4) is 5.75 Å². The fourth-order valence-electron chi connectivity index (χ4n) is 1.51. The number of para-hydroxylation sites is 1. The van der Waals surface area contributed by atoms with Crippen molar-refractivity contribution in [1.82, 2.24) is 5.32 Å². The number of hydrogen-bond acceptors (Lipinski definition) is 2. The molecule has 0 aromatic heterocycles. The summed E-state index contributed by atoms with van der Waals surface area (Å²) in [5.41, 5.74) is 1.21. The second kappa shape index (κ2) is 7.80. The maximum absolute atomic E-state index is 5.97. The van der Waals surface area contributed by atoms with Crippen LogP contribution < -0.4 is 10.1 Å². The Hall–Kier alpha value is -0.540. The molecule has 1 N–H and O–H groups in total. The molecule has 0 heterocycles. The van der Waals surface area contributed by atoms with Crippen molar-refractivity contribution in [2.75, 3.05) is 6.61 Å². The second-order valence-electron chi connectivity index (χ2n) is 5.09. The second-order valence-corrected chi connectivity index (χ2v) is 5.94. The largest absolute Gasteiger partial charge is 0.492 e. The van der Waals surface area contributed by atoms with E-state index in [1.165, 1.54) is 5.56 Å². The van der Waals surface area contributed by atoms with Gasteiger partial charge in [0.2, 0.25) is 0 Å². The predicted octanol–water partition coefficient (Wildman–Crippen LogP) is 4.37. The molecule has 0 saturated heterocycles. The van der Waals surface area contributed by atoms with Gasteiger partial charge in [0.05, 0.1) is 11.1 Å². The van der Waals surface area contributed by atoms with Crippen molar-refractivity contribution < 1.29 is 4.74 Å². The summed E-state index contributed by atoms with van der Waals surface area (Å²) < 4.78 is 7.00. The normalized spacial score (nSPS) is 12.8. The van der Waals surface area contributed by atoms with Gasteiger partial charge in [0.25, 0.3) is 0 Å². The van der Waals surface area contributed by atoms with E-state index in [1.54, 1.807) is 0 Å². The first-order valence-electron chi connectivity index (χ1n) is 6.68. The molecular formula is C15H24BrNO. The van der Waals surface area contributed by atoms with Crippen molar-refractivity contribution >= 4 is 15.9 Å². The van der Waals surface area contributed by atoms with E-state index in [1.807, 2.05) is 6.07 Å². The van der Waals surface area contributed by atoms with Gasteiger partial charge in [-0.1, -0.05) is 46.2 Å². The minimum absolute atomic E-state index is 0.478. The van der Waals surface area contributed by atoms with Crippen LogP contribution in [0.4, 0.5) is 0 Å². The first-order chi connectivity index (χ1) is 8.54. The Morgan fingerprint density at radius 3 is 2.61 bits per heavy atom. The van der Waals surface area contributed by atoms with Crippen molar-refractivity contribution in [2.45, 2.75) is 46.7 Å². The van der Waals surface area contributed by atoms with E-state index in [9.17, 15) is 0 Å². The Bertz CT molecular complexity index is 366. The Balaban J connectivity index is 2.73. The van der Waals surface area contributed by atoms with Crippen LogP contribution in [0.2, 0.25) is 0 Å². The lowest BCUT2D eigenvalue weighted by Gasteiger charge is -2.17. The molecule has 0 amide bonds. The van der Waals surface area contributed by atoms with Gasteiger partial charge in [-0.15, -0.1) is 0 Å². The van der Waals surface area contributed by atoms with Crippen LogP contribution in [0.1, 0.15) is 39.7 Å². The fourth-order valence-corrected chi connectivity index (χ4v) is 2.03. The Morgan fingerprint density at radius 2 is 2.00 bits per heavy atom. The smallest absolute Gasteiger partial charge is 0.137 e. The molecule has 0 fully saturated rings. The van der Waals surface area contributed by atoms with Crippen LogP contribution in [0.25, 0.3) is 0 Å². The highest BCUT2D eigenvalue weighted by molar-refractivity contribution is 9.10. The topological polar surface area (TPSA) is 21.3 Å². The zero-order valence-corrected chi connectivity index (χ0v) is 13.4. The molecule has 0 radical (unpaired) electrons. The van der Waals surface area contributed by atoms with Crippen LogP contribution in [0.15, 0.2) is 22.7 Å². The lowest BCUT2D eigenvalue weighted by atomic mass is 10.1. The minimum Gasteiger partial charge on any atom is -0.492 e. The first-order valence-corrected chi connectivity index (χ1v) is 7.47. The lowest BCUT2D eigenvalue weighted by molar-refractivity contribution is 0.252. The molecule has 2 nitrogen and oxygen atoms in total. The molecule has 1 unspecified atom stereocenters. The number of hydrogen-bond donors (Lipinski definition) is 1. The molecule has 1 atom stereocenters. The monoisotopic (exact) mass is 313 g/mol. The van der Waals surface area contributed by atoms with E-state index in [0.29, 0.717) is 12.0 Å². The number of nitrogens with one attached hydrogen (secondary N) is 1. The van der Waals surface area contributed by atoms with Crippen LogP contribution in [0.3, 0.4) is 0 Å². The third kappa shape index (κ3) is 4.99. The first kappa shape index (κ1) is 15.5. The maximum Gasteiger partial charge on any atom is 0.137 e. The summed E-state index contributed by atoms with van der Waals surface area (Å²) in [4.78, 5) is 0. The van der Waals surface area contributed by atoms with Gasteiger partial charge in [0.1, 0.15) is 5.75 Å².